The van der Waals surface area contributed by atoms with E-state index in [-0.39, 0.29) is 5.78 Å². The van der Waals surface area contributed by atoms with Gasteiger partial charge in [-0.3, -0.25) is 9.59 Å². The Hall–Kier alpha value is -1.88. The first-order valence-electron chi connectivity index (χ1n) is 6.49. The van der Waals surface area contributed by atoms with Crippen molar-refractivity contribution in [2.75, 3.05) is 18.1 Å². The number of rotatable bonds is 2. The number of nitrogens with two attached hydrogens (primary N) is 1. The molecule has 0 bridgehead atoms. The third-order valence-corrected chi connectivity index (χ3v) is 3.82. The molecule has 0 aromatic heterocycles. The van der Waals surface area contributed by atoms with E-state index in [2.05, 4.69) is 6.92 Å². The van der Waals surface area contributed by atoms with Crippen LogP contribution in [-0.4, -0.2) is 36.8 Å². The van der Waals surface area contributed by atoms with Crippen LogP contribution in [0.4, 0.5) is 5.69 Å². The van der Waals surface area contributed by atoms with E-state index in [1.165, 1.54) is 5.56 Å². The molecule has 2 N–H and O–H groups in total. The lowest BCUT2D eigenvalue weighted by molar-refractivity contribution is -0.145. The highest BCUT2D eigenvalue weighted by Crippen LogP contribution is 2.36. The Labute approximate surface area is 111 Å². The zero-order chi connectivity index (χ0) is 13.6. The highest BCUT2D eigenvalue weighted by atomic mass is 16.5. The molecular weight excluding hydrogens is 244 g/mol. The number of nitrogens with zero attached hydrogens (tertiary/aromatic N) is 1. The third-order valence-electron chi connectivity index (χ3n) is 3.82. The van der Waals surface area contributed by atoms with Gasteiger partial charge in [-0.25, -0.2) is 0 Å². The zero-order valence-corrected chi connectivity index (χ0v) is 10.8. The van der Waals surface area contributed by atoms with Crippen LogP contribution in [0.25, 0.3) is 0 Å². The lowest BCUT2D eigenvalue weighted by Crippen LogP contribution is -2.70. The van der Waals surface area contributed by atoms with Gasteiger partial charge < -0.3 is 15.4 Å². The summed E-state index contributed by atoms with van der Waals surface area (Å²) in [6.07, 6.45) is 0.907. The first-order chi connectivity index (χ1) is 9.13. The van der Waals surface area contributed by atoms with Crippen LogP contribution in [0.1, 0.15) is 12.5 Å². The monoisotopic (exact) mass is 260 g/mol. The molecule has 1 aromatic carbocycles. The number of ketones is 2. The number of benzene rings is 1. The van der Waals surface area contributed by atoms with Crippen molar-refractivity contribution in [3.8, 4) is 5.75 Å². The molecule has 100 valence electrons. The molecule has 5 nitrogen and oxygen atoms in total. The van der Waals surface area contributed by atoms with E-state index in [0.717, 1.165) is 17.9 Å². The van der Waals surface area contributed by atoms with E-state index in [1.807, 2.05) is 23.1 Å². The Morgan fingerprint density at radius 1 is 1.37 bits per heavy atom. The standard InChI is InChI=1S/C14H16N2O3/c1-2-8-3-4-10-9(7-8)16(5-6-19-10)12-11(15)13(17)14(12)18/h3-4,7,11-12H,2,5-6,15H2,1H3. The predicted molar refractivity (Wildman–Crippen MR) is 70.4 cm³/mol. The summed E-state index contributed by atoms with van der Waals surface area (Å²) < 4.78 is 5.59. The van der Waals surface area contributed by atoms with Crippen molar-refractivity contribution in [1.29, 1.82) is 0 Å². The van der Waals surface area contributed by atoms with Crippen LogP contribution in [0, 0.1) is 0 Å². The summed E-state index contributed by atoms with van der Waals surface area (Å²) in [6.45, 7) is 3.15. The molecular formula is C14H16N2O3. The van der Waals surface area contributed by atoms with Gasteiger partial charge in [0.15, 0.2) is 0 Å². The van der Waals surface area contributed by atoms with Gasteiger partial charge in [0, 0.05) is 0 Å². The summed E-state index contributed by atoms with van der Waals surface area (Å²) in [5, 5.41) is 0. The van der Waals surface area contributed by atoms with E-state index < -0.39 is 17.9 Å². The molecule has 1 aromatic rings. The van der Waals surface area contributed by atoms with E-state index in [1.54, 1.807) is 0 Å². The maximum Gasteiger partial charge on any atom is 0.224 e. The molecule has 1 heterocycles. The molecule has 1 saturated carbocycles. The van der Waals surface area contributed by atoms with Crippen molar-refractivity contribution in [3.05, 3.63) is 23.8 Å². The van der Waals surface area contributed by atoms with Gasteiger partial charge in [0.2, 0.25) is 11.6 Å². The normalized spacial score (nSPS) is 25.7. The molecule has 2 aliphatic rings. The molecule has 0 saturated heterocycles. The fourth-order valence-corrected chi connectivity index (χ4v) is 2.65. The van der Waals surface area contributed by atoms with Crippen molar-refractivity contribution in [1.82, 2.24) is 0 Å². The molecule has 1 fully saturated rings. The summed E-state index contributed by atoms with van der Waals surface area (Å²) in [4.78, 5) is 24.9. The number of ether oxygens (including phenoxy) is 1. The average molecular weight is 260 g/mol. The minimum Gasteiger partial charge on any atom is -0.490 e. The van der Waals surface area contributed by atoms with Crippen LogP contribution < -0.4 is 15.4 Å². The van der Waals surface area contributed by atoms with Crippen molar-refractivity contribution < 1.29 is 14.3 Å². The maximum absolute atomic E-state index is 11.7. The largest absolute Gasteiger partial charge is 0.490 e. The quantitative estimate of drug-likeness (QED) is 0.774. The first-order valence-corrected chi connectivity index (χ1v) is 6.49. The molecule has 0 spiro atoms. The molecule has 5 heteroatoms. The number of carbonyl (C=O) groups is 2. The van der Waals surface area contributed by atoms with Gasteiger partial charge in [-0.2, -0.15) is 0 Å². The SMILES string of the molecule is CCc1ccc2c(c1)N(C1C(=O)C(=O)C1N)CCO2. The van der Waals surface area contributed by atoms with E-state index in [0.29, 0.717) is 13.2 Å². The van der Waals surface area contributed by atoms with E-state index >= 15 is 0 Å². The van der Waals surface area contributed by atoms with Crippen molar-refractivity contribution in [2.24, 2.45) is 5.73 Å². The van der Waals surface area contributed by atoms with Crippen LogP contribution in [0.5, 0.6) is 5.75 Å². The third kappa shape index (κ3) is 1.73. The van der Waals surface area contributed by atoms with Crippen LogP contribution in [0.3, 0.4) is 0 Å². The van der Waals surface area contributed by atoms with Gasteiger partial charge in [0.1, 0.15) is 18.4 Å². The lowest BCUT2D eigenvalue weighted by atomic mass is 9.82. The topological polar surface area (TPSA) is 72.6 Å². The number of fused-ring (bicyclic) bond motifs is 1. The number of anilines is 1. The fraction of sp³-hybridized carbons (Fsp3) is 0.429. The molecule has 1 aliphatic carbocycles. The number of hydrogen-bond acceptors (Lipinski definition) is 5. The number of aryl methyl sites for hydroxylation is 1. The smallest absolute Gasteiger partial charge is 0.224 e. The van der Waals surface area contributed by atoms with Crippen molar-refractivity contribution in [3.63, 3.8) is 0 Å². The van der Waals surface area contributed by atoms with Crippen molar-refractivity contribution in [2.45, 2.75) is 25.4 Å². The lowest BCUT2D eigenvalue weighted by Gasteiger charge is -2.43. The molecule has 2 unspecified atom stereocenters. The van der Waals surface area contributed by atoms with Gasteiger partial charge in [0.05, 0.1) is 18.3 Å². The second kappa shape index (κ2) is 4.35. The Bertz CT molecular complexity index is 556. The van der Waals surface area contributed by atoms with E-state index in [4.69, 9.17) is 10.5 Å². The highest BCUT2D eigenvalue weighted by Gasteiger charge is 2.51. The highest BCUT2D eigenvalue weighted by molar-refractivity contribution is 6.49. The Morgan fingerprint density at radius 3 is 2.84 bits per heavy atom. The van der Waals surface area contributed by atoms with Crippen molar-refractivity contribution >= 4 is 17.3 Å². The Morgan fingerprint density at radius 2 is 2.16 bits per heavy atom. The molecule has 0 radical (unpaired) electrons. The summed E-state index contributed by atoms with van der Waals surface area (Å²) >= 11 is 0. The number of carbonyl (C=O) groups excluding carboxylic acids is 2. The van der Waals surface area contributed by atoms with E-state index in [9.17, 15) is 9.59 Å². The molecule has 0 amide bonds. The minimum absolute atomic E-state index is 0.387. The predicted octanol–water partition coefficient (Wildman–Crippen LogP) is 0.295. The summed E-state index contributed by atoms with van der Waals surface area (Å²) in [5.74, 6) is -0.102. The molecule has 3 rings (SSSR count). The molecule has 19 heavy (non-hydrogen) atoms. The summed E-state index contributed by atoms with van der Waals surface area (Å²) in [7, 11) is 0. The van der Waals surface area contributed by atoms with Gasteiger partial charge >= 0.3 is 0 Å². The zero-order valence-electron chi connectivity index (χ0n) is 10.8. The fourth-order valence-electron chi connectivity index (χ4n) is 2.65. The van der Waals surface area contributed by atoms with Crippen LogP contribution in [0.2, 0.25) is 0 Å². The summed E-state index contributed by atoms with van der Waals surface area (Å²) in [6, 6.07) is 4.70. The average Bonchev–Trinajstić information content (AvgIpc) is 2.46. The van der Waals surface area contributed by atoms with Crippen LogP contribution in [0.15, 0.2) is 18.2 Å². The van der Waals surface area contributed by atoms with Gasteiger partial charge in [-0.05, 0) is 24.1 Å². The second-order valence-electron chi connectivity index (χ2n) is 4.90. The van der Waals surface area contributed by atoms with Gasteiger partial charge in [-0.15, -0.1) is 0 Å². The molecule has 1 aliphatic heterocycles. The Kier molecular flexibility index (Phi) is 2.78. The van der Waals surface area contributed by atoms with Gasteiger partial charge in [-0.1, -0.05) is 13.0 Å². The number of hydrogen-bond donors (Lipinski definition) is 1. The Balaban J connectivity index is 1.98. The van der Waals surface area contributed by atoms with Crippen LogP contribution in [-0.2, 0) is 16.0 Å². The minimum atomic E-state index is -0.705. The second-order valence-corrected chi connectivity index (χ2v) is 4.90. The molecule has 2 atom stereocenters. The van der Waals surface area contributed by atoms with Crippen LogP contribution >= 0.6 is 0 Å². The number of Topliss-reactive ketones (excluding diaryl/α,β-unsaturated/α-hetero) is 2. The maximum atomic E-state index is 11.7. The summed E-state index contributed by atoms with van der Waals surface area (Å²) in [5.41, 5.74) is 7.80. The van der Waals surface area contributed by atoms with Gasteiger partial charge in [0.25, 0.3) is 0 Å². The first kappa shape index (κ1) is 12.2.